The van der Waals surface area contributed by atoms with Crippen LogP contribution < -0.4 is 5.32 Å². The van der Waals surface area contributed by atoms with Crippen molar-refractivity contribution < 1.29 is 28.8 Å². The molecule has 0 aromatic carbocycles. The van der Waals surface area contributed by atoms with Crippen molar-refractivity contribution in [3.8, 4) is 0 Å². The minimum atomic E-state index is -1.21. The summed E-state index contributed by atoms with van der Waals surface area (Å²) in [6.07, 6.45) is 0.655. The molecule has 0 spiro atoms. The highest BCUT2D eigenvalue weighted by molar-refractivity contribution is 6.28. The molecule has 2 rings (SSSR count). The predicted octanol–water partition coefficient (Wildman–Crippen LogP) is -1.82. The molecule has 17 heavy (non-hydrogen) atoms. The quantitative estimate of drug-likeness (QED) is 0.448. The van der Waals surface area contributed by atoms with Crippen LogP contribution in [0.4, 0.5) is 0 Å². The summed E-state index contributed by atoms with van der Waals surface area (Å²) in [5.41, 5.74) is -0.539. The number of hydroxylamine groups is 2. The molecule has 0 saturated carbocycles. The monoisotopic (exact) mass is 238 g/mol. The molecule has 8 heteroatoms. The molecule has 2 aliphatic rings. The van der Waals surface area contributed by atoms with Crippen molar-refractivity contribution in [3.05, 3.63) is 11.6 Å². The third kappa shape index (κ3) is 1.92. The topological polar surface area (TPSA) is 110 Å². The Bertz CT molecular complexity index is 476. The van der Waals surface area contributed by atoms with Crippen LogP contribution in [0.3, 0.4) is 0 Å². The van der Waals surface area contributed by atoms with Gasteiger partial charge in [0.2, 0.25) is 0 Å². The van der Waals surface area contributed by atoms with Gasteiger partial charge in [-0.1, -0.05) is 0 Å². The highest BCUT2D eigenvalue weighted by Gasteiger charge is 2.36. The summed E-state index contributed by atoms with van der Waals surface area (Å²) in [7, 11) is 0. The molecule has 4 amide bonds. The third-order valence-electron chi connectivity index (χ3n) is 2.16. The van der Waals surface area contributed by atoms with E-state index in [1.807, 2.05) is 5.32 Å². The van der Waals surface area contributed by atoms with Crippen LogP contribution in [0, 0.1) is 0 Å². The van der Waals surface area contributed by atoms with Crippen molar-refractivity contribution in [2.24, 2.45) is 0 Å². The summed E-state index contributed by atoms with van der Waals surface area (Å²) in [6.45, 7) is 0. The number of nitrogens with zero attached hydrogens (tertiary/aromatic N) is 1. The summed E-state index contributed by atoms with van der Waals surface area (Å²) >= 11 is 0. The van der Waals surface area contributed by atoms with E-state index < -0.39 is 35.2 Å². The van der Waals surface area contributed by atoms with Crippen LogP contribution in [-0.2, 0) is 28.8 Å². The highest BCUT2D eigenvalue weighted by atomic mass is 16.7. The average molecular weight is 238 g/mol. The molecular weight excluding hydrogens is 232 g/mol. The number of hydrogen-bond acceptors (Lipinski definition) is 6. The van der Waals surface area contributed by atoms with E-state index in [4.69, 9.17) is 0 Å². The lowest BCUT2D eigenvalue weighted by molar-refractivity contribution is -0.194. The zero-order chi connectivity index (χ0) is 12.6. The van der Waals surface area contributed by atoms with Crippen LogP contribution in [0.1, 0.15) is 12.8 Å². The number of carbonyl (C=O) groups excluding carboxylic acids is 5. The Morgan fingerprint density at radius 3 is 2.24 bits per heavy atom. The molecule has 0 aromatic rings. The lowest BCUT2D eigenvalue weighted by Gasteiger charge is -2.11. The first kappa shape index (κ1) is 11.0. The zero-order valence-electron chi connectivity index (χ0n) is 8.39. The molecule has 2 heterocycles. The van der Waals surface area contributed by atoms with Crippen molar-refractivity contribution in [3.63, 3.8) is 0 Å². The van der Waals surface area contributed by atoms with Gasteiger partial charge >= 0.3 is 5.97 Å². The molecule has 1 N–H and O–H groups in total. The van der Waals surface area contributed by atoms with E-state index in [0.29, 0.717) is 5.06 Å². The van der Waals surface area contributed by atoms with Crippen LogP contribution >= 0.6 is 0 Å². The average Bonchev–Trinajstić information content (AvgIpc) is 2.74. The Kier molecular flexibility index (Phi) is 2.47. The largest absolute Gasteiger partial charge is 0.369 e. The second-order valence-corrected chi connectivity index (χ2v) is 3.34. The maximum atomic E-state index is 11.4. The van der Waals surface area contributed by atoms with Crippen molar-refractivity contribution in [2.75, 3.05) is 0 Å². The summed E-state index contributed by atoms with van der Waals surface area (Å²) in [5, 5.41) is 2.14. The van der Waals surface area contributed by atoms with Gasteiger partial charge in [0.15, 0.2) is 0 Å². The van der Waals surface area contributed by atoms with Gasteiger partial charge in [-0.05, 0) is 0 Å². The van der Waals surface area contributed by atoms with Gasteiger partial charge in [-0.2, -0.15) is 0 Å². The Morgan fingerprint density at radius 2 is 1.76 bits per heavy atom. The Hall–Kier alpha value is -2.51. The number of hydrogen-bond donors (Lipinski definition) is 1. The van der Waals surface area contributed by atoms with Gasteiger partial charge < -0.3 is 4.84 Å². The maximum Gasteiger partial charge on any atom is 0.369 e. The Balaban J connectivity index is 2.10. The van der Waals surface area contributed by atoms with Gasteiger partial charge in [0.25, 0.3) is 23.6 Å². The fourth-order valence-corrected chi connectivity index (χ4v) is 1.35. The molecule has 8 nitrogen and oxygen atoms in total. The fraction of sp³-hybridized carbons (Fsp3) is 0.222. The number of amides is 4. The number of nitrogens with one attached hydrogen (secondary N) is 1. The maximum absolute atomic E-state index is 11.4. The van der Waals surface area contributed by atoms with Gasteiger partial charge in [0, 0.05) is 18.9 Å². The first-order valence-corrected chi connectivity index (χ1v) is 4.64. The fourth-order valence-electron chi connectivity index (χ4n) is 1.35. The van der Waals surface area contributed by atoms with Gasteiger partial charge in [0.1, 0.15) is 5.57 Å². The molecule has 1 fully saturated rings. The summed E-state index contributed by atoms with van der Waals surface area (Å²) in [4.78, 5) is 59.9. The molecule has 0 aromatic heterocycles. The number of carbonyl (C=O) groups is 5. The Labute approximate surface area is 94.1 Å². The van der Waals surface area contributed by atoms with E-state index in [0.717, 1.165) is 6.08 Å². The van der Waals surface area contributed by atoms with Gasteiger partial charge in [0.05, 0.1) is 0 Å². The van der Waals surface area contributed by atoms with E-state index in [2.05, 4.69) is 4.84 Å². The summed E-state index contributed by atoms with van der Waals surface area (Å²) < 4.78 is 0. The lowest BCUT2D eigenvalue weighted by atomic mass is 10.3. The molecule has 0 atom stereocenters. The Morgan fingerprint density at radius 1 is 1.18 bits per heavy atom. The molecule has 0 radical (unpaired) electrons. The smallest absolute Gasteiger partial charge is 0.325 e. The summed E-state index contributed by atoms with van der Waals surface area (Å²) in [6, 6.07) is 0. The molecule has 0 aliphatic carbocycles. The predicted molar refractivity (Wildman–Crippen MR) is 48.4 cm³/mol. The summed E-state index contributed by atoms with van der Waals surface area (Å²) in [5.74, 6) is -4.19. The van der Waals surface area contributed by atoms with Crippen LogP contribution in [0.5, 0.6) is 0 Å². The number of rotatable bonds is 2. The van der Waals surface area contributed by atoms with Crippen molar-refractivity contribution in [2.45, 2.75) is 12.8 Å². The molecule has 88 valence electrons. The van der Waals surface area contributed by atoms with Crippen molar-refractivity contribution in [1.29, 1.82) is 0 Å². The highest BCUT2D eigenvalue weighted by Crippen LogP contribution is 2.14. The molecule has 0 bridgehead atoms. The van der Waals surface area contributed by atoms with Gasteiger partial charge in [-0.3, -0.25) is 24.5 Å². The van der Waals surface area contributed by atoms with Crippen molar-refractivity contribution >= 4 is 29.6 Å². The second-order valence-electron chi connectivity index (χ2n) is 3.34. The van der Waals surface area contributed by atoms with Crippen molar-refractivity contribution in [1.82, 2.24) is 10.4 Å². The van der Waals surface area contributed by atoms with Crippen LogP contribution in [-0.4, -0.2) is 34.7 Å². The second kappa shape index (κ2) is 3.81. The van der Waals surface area contributed by atoms with E-state index in [9.17, 15) is 24.0 Å². The molecular formula is C9H6N2O6. The lowest BCUT2D eigenvalue weighted by Crippen LogP contribution is -2.34. The standard InChI is InChI=1S/C9H6N2O6/c12-5-3-4(8(15)10-5)9(16)17-11-6(13)1-2-7(11)14/h3H,1-2H2,(H,10,12,15). The first-order valence-electron chi connectivity index (χ1n) is 4.64. The van der Waals surface area contributed by atoms with E-state index in [1.165, 1.54) is 0 Å². The van der Waals surface area contributed by atoms with Gasteiger partial charge in [-0.15, -0.1) is 5.06 Å². The van der Waals surface area contributed by atoms with E-state index >= 15 is 0 Å². The van der Waals surface area contributed by atoms with Crippen LogP contribution in [0.2, 0.25) is 0 Å². The van der Waals surface area contributed by atoms with Crippen LogP contribution in [0.25, 0.3) is 0 Å². The zero-order valence-corrected chi connectivity index (χ0v) is 8.39. The first-order chi connectivity index (χ1) is 7.99. The normalized spacial score (nSPS) is 19.5. The third-order valence-corrected chi connectivity index (χ3v) is 2.16. The van der Waals surface area contributed by atoms with Gasteiger partial charge in [-0.25, -0.2) is 4.79 Å². The van der Waals surface area contributed by atoms with E-state index in [1.54, 1.807) is 0 Å². The molecule has 1 saturated heterocycles. The SMILES string of the molecule is O=C1C=C(C(=O)ON2C(=O)CCC2=O)C(=O)N1. The van der Waals surface area contributed by atoms with Crippen LogP contribution in [0.15, 0.2) is 11.6 Å². The minimum Gasteiger partial charge on any atom is -0.325 e. The molecule has 2 aliphatic heterocycles. The van der Waals surface area contributed by atoms with E-state index in [-0.39, 0.29) is 12.8 Å². The minimum absolute atomic E-state index is 0.0453. The number of imide groups is 2. The molecule has 0 unspecified atom stereocenters.